The van der Waals surface area contributed by atoms with E-state index in [2.05, 4.69) is 37.3 Å². The molecule has 0 aromatic heterocycles. The molecule has 1 unspecified atom stereocenters. The molecule has 102 valence electrons. The summed E-state index contributed by atoms with van der Waals surface area (Å²) < 4.78 is 0. The van der Waals surface area contributed by atoms with Crippen molar-refractivity contribution in [1.82, 2.24) is 4.90 Å². The van der Waals surface area contributed by atoms with Gasteiger partial charge in [0.2, 0.25) is 0 Å². The maximum absolute atomic E-state index is 5.68. The molecule has 0 bridgehead atoms. The topological polar surface area (TPSA) is 29.3 Å². The van der Waals surface area contributed by atoms with E-state index in [-0.39, 0.29) is 0 Å². The Bertz CT molecular complexity index is 324. The second-order valence-electron chi connectivity index (χ2n) is 4.96. The molecule has 1 rings (SSSR count). The van der Waals surface area contributed by atoms with E-state index in [4.69, 9.17) is 5.73 Å². The zero-order valence-corrected chi connectivity index (χ0v) is 12.7. The fraction of sp³-hybridized carbons (Fsp3) is 0.600. The quantitative estimate of drug-likeness (QED) is 0.732. The Balaban J connectivity index is 2.22. The highest BCUT2D eigenvalue weighted by Crippen LogP contribution is 2.10. The molecule has 0 aliphatic heterocycles. The molecule has 0 amide bonds. The van der Waals surface area contributed by atoms with Crippen LogP contribution in [0.1, 0.15) is 25.3 Å². The average Bonchev–Trinajstić information content (AvgIpc) is 2.38. The van der Waals surface area contributed by atoms with E-state index < -0.39 is 0 Å². The lowest BCUT2D eigenvalue weighted by molar-refractivity contribution is 0.250. The van der Waals surface area contributed by atoms with Crippen molar-refractivity contribution in [2.45, 2.75) is 32.2 Å². The largest absolute Gasteiger partial charge is 0.399 e. The van der Waals surface area contributed by atoms with Crippen LogP contribution in [0.3, 0.4) is 0 Å². The molecule has 3 heteroatoms. The number of rotatable bonds is 8. The Hall–Kier alpha value is -0.670. The summed E-state index contributed by atoms with van der Waals surface area (Å²) in [7, 11) is 2.23. The number of nitrogens with two attached hydrogens (primary N) is 1. The van der Waals surface area contributed by atoms with Crippen molar-refractivity contribution in [3.05, 3.63) is 29.8 Å². The van der Waals surface area contributed by atoms with Gasteiger partial charge in [0.15, 0.2) is 0 Å². The van der Waals surface area contributed by atoms with E-state index in [1.807, 2.05) is 23.9 Å². The molecule has 2 N–H and O–H groups in total. The lowest BCUT2D eigenvalue weighted by atomic mass is 10.1. The number of hydrogen-bond donors (Lipinski definition) is 1. The van der Waals surface area contributed by atoms with Crippen LogP contribution in [0.2, 0.25) is 0 Å². The third kappa shape index (κ3) is 5.78. The number of thioether (sulfide) groups is 1. The zero-order valence-electron chi connectivity index (χ0n) is 11.9. The summed E-state index contributed by atoms with van der Waals surface area (Å²) in [4.78, 5) is 2.47. The van der Waals surface area contributed by atoms with E-state index in [0.29, 0.717) is 6.04 Å². The van der Waals surface area contributed by atoms with Gasteiger partial charge in [0.1, 0.15) is 0 Å². The van der Waals surface area contributed by atoms with Crippen molar-refractivity contribution < 1.29 is 0 Å². The third-order valence-electron chi connectivity index (χ3n) is 3.45. The molecule has 0 radical (unpaired) electrons. The summed E-state index contributed by atoms with van der Waals surface area (Å²) in [6.07, 6.45) is 5.80. The first-order chi connectivity index (χ1) is 8.63. The Labute approximate surface area is 116 Å². The summed E-state index contributed by atoms with van der Waals surface area (Å²) in [5.41, 5.74) is 7.91. The van der Waals surface area contributed by atoms with Crippen molar-refractivity contribution >= 4 is 17.4 Å². The van der Waals surface area contributed by atoms with Crippen LogP contribution in [0.5, 0.6) is 0 Å². The molecule has 2 nitrogen and oxygen atoms in total. The minimum Gasteiger partial charge on any atom is -0.399 e. The molecule has 0 fully saturated rings. The normalized spacial score (nSPS) is 12.9. The summed E-state index contributed by atoms with van der Waals surface area (Å²) in [6, 6.07) is 8.92. The molecule has 0 saturated heterocycles. The molecule has 0 spiro atoms. The smallest absolute Gasteiger partial charge is 0.0314 e. The van der Waals surface area contributed by atoms with E-state index >= 15 is 0 Å². The van der Waals surface area contributed by atoms with Gasteiger partial charge in [0.05, 0.1) is 0 Å². The van der Waals surface area contributed by atoms with Crippen molar-refractivity contribution in [3.8, 4) is 0 Å². The Morgan fingerprint density at radius 2 is 1.94 bits per heavy atom. The maximum atomic E-state index is 5.68. The minimum atomic E-state index is 0.684. The van der Waals surface area contributed by atoms with Gasteiger partial charge in [-0.15, -0.1) is 0 Å². The second-order valence-corrected chi connectivity index (χ2v) is 5.94. The molecule has 1 aromatic carbocycles. The molecule has 0 heterocycles. The van der Waals surface area contributed by atoms with Gasteiger partial charge in [0.25, 0.3) is 0 Å². The Morgan fingerprint density at radius 3 is 2.56 bits per heavy atom. The molecule has 0 aliphatic carbocycles. The summed E-state index contributed by atoms with van der Waals surface area (Å²) >= 11 is 1.93. The van der Waals surface area contributed by atoms with Crippen LogP contribution < -0.4 is 5.73 Å². The SMILES string of the molecule is CSCCC(C)N(C)CCCc1ccc(N)cc1. The first-order valence-corrected chi connectivity index (χ1v) is 8.06. The minimum absolute atomic E-state index is 0.684. The lowest BCUT2D eigenvalue weighted by Gasteiger charge is -2.24. The fourth-order valence-corrected chi connectivity index (χ4v) is 2.52. The van der Waals surface area contributed by atoms with Gasteiger partial charge in [-0.2, -0.15) is 11.8 Å². The van der Waals surface area contributed by atoms with Gasteiger partial charge in [-0.05, 0) is 69.5 Å². The Kier molecular flexibility index (Phi) is 7.21. The predicted octanol–water partition coefficient (Wildman–Crippen LogP) is 3.27. The van der Waals surface area contributed by atoms with Gasteiger partial charge < -0.3 is 10.6 Å². The van der Waals surface area contributed by atoms with Gasteiger partial charge in [-0.25, -0.2) is 0 Å². The number of benzene rings is 1. The van der Waals surface area contributed by atoms with Crippen molar-refractivity contribution in [2.75, 3.05) is 31.3 Å². The van der Waals surface area contributed by atoms with Gasteiger partial charge in [0, 0.05) is 11.7 Å². The van der Waals surface area contributed by atoms with Gasteiger partial charge >= 0.3 is 0 Å². The number of nitrogen functional groups attached to an aromatic ring is 1. The van der Waals surface area contributed by atoms with E-state index in [0.717, 1.165) is 12.1 Å². The van der Waals surface area contributed by atoms with Crippen molar-refractivity contribution in [2.24, 2.45) is 0 Å². The van der Waals surface area contributed by atoms with Crippen LogP contribution in [-0.2, 0) is 6.42 Å². The van der Waals surface area contributed by atoms with E-state index in [1.165, 1.54) is 30.7 Å². The third-order valence-corrected chi connectivity index (χ3v) is 4.09. The maximum Gasteiger partial charge on any atom is 0.0314 e. The molecule has 1 aromatic rings. The zero-order chi connectivity index (χ0) is 13.4. The summed E-state index contributed by atoms with van der Waals surface area (Å²) in [5.74, 6) is 1.25. The van der Waals surface area contributed by atoms with Crippen LogP contribution in [0.25, 0.3) is 0 Å². The highest BCUT2D eigenvalue weighted by molar-refractivity contribution is 7.98. The fourth-order valence-electron chi connectivity index (χ4n) is 1.95. The molecular formula is C15H26N2S. The van der Waals surface area contributed by atoms with E-state index in [9.17, 15) is 0 Å². The number of hydrogen-bond acceptors (Lipinski definition) is 3. The Morgan fingerprint density at radius 1 is 1.28 bits per heavy atom. The van der Waals surface area contributed by atoms with Crippen LogP contribution in [0.15, 0.2) is 24.3 Å². The lowest BCUT2D eigenvalue weighted by Crippen LogP contribution is -2.30. The standard InChI is InChI=1S/C15H26N2S/c1-13(10-12-18-3)17(2)11-4-5-14-6-8-15(16)9-7-14/h6-9,13H,4-5,10-12,16H2,1-3H3. The van der Waals surface area contributed by atoms with Crippen LogP contribution >= 0.6 is 11.8 Å². The van der Waals surface area contributed by atoms with E-state index in [1.54, 1.807) is 0 Å². The second kappa shape index (κ2) is 8.44. The van der Waals surface area contributed by atoms with Gasteiger partial charge in [-0.1, -0.05) is 12.1 Å². The highest BCUT2D eigenvalue weighted by Gasteiger charge is 2.07. The first-order valence-electron chi connectivity index (χ1n) is 6.67. The molecule has 0 saturated carbocycles. The summed E-state index contributed by atoms with van der Waals surface area (Å²) in [5, 5.41) is 0. The van der Waals surface area contributed by atoms with Crippen molar-refractivity contribution in [3.63, 3.8) is 0 Å². The van der Waals surface area contributed by atoms with Gasteiger partial charge in [-0.3, -0.25) is 0 Å². The molecule has 18 heavy (non-hydrogen) atoms. The van der Waals surface area contributed by atoms with Crippen LogP contribution in [0, 0.1) is 0 Å². The first kappa shape index (κ1) is 15.4. The monoisotopic (exact) mass is 266 g/mol. The molecular weight excluding hydrogens is 240 g/mol. The number of nitrogens with zero attached hydrogens (tertiary/aromatic N) is 1. The number of anilines is 1. The average molecular weight is 266 g/mol. The van der Waals surface area contributed by atoms with Crippen LogP contribution in [-0.4, -0.2) is 36.5 Å². The molecule has 1 atom stereocenters. The number of aryl methyl sites for hydroxylation is 1. The van der Waals surface area contributed by atoms with Crippen molar-refractivity contribution in [1.29, 1.82) is 0 Å². The molecule has 0 aliphatic rings. The highest BCUT2D eigenvalue weighted by atomic mass is 32.2. The predicted molar refractivity (Wildman–Crippen MR) is 84.3 cm³/mol. The van der Waals surface area contributed by atoms with Crippen LogP contribution in [0.4, 0.5) is 5.69 Å². The summed E-state index contributed by atoms with van der Waals surface area (Å²) in [6.45, 7) is 3.49.